The molecule has 320 valence electrons. The highest BCUT2D eigenvalue weighted by Gasteiger charge is 2.72. The maximum Gasteiger partial charge on any atom is 0.187 e. The lowest BCUT2D eigenvalue weighted by Gasteiger charge is -2.71. The molecule has 0 spiro atoms. The molecular formula is C42H68O14. The summed E-state index contributed by atoms with van der Waals surface area (Å²) in [4.78, 5) is 14.9. The van der Waals surface area contributed by atoms with Gasteiger partial charge in [0.25, 0.3) is 0 Å². The van der Waals surface area contributed by atoms with Crippen molar-refractivity contribution in [1.29, 1.82) is 0 Å². The average Bonchev–Trinajstić information content (AvgIpc) is 3.14. The van der Waals surface area contributed by atoms with Gasteiger partial charge in [-0.1, -0.05) is 47.1 Å². The van der Waals surface area contributed by atoms with Crippen molar-refractivity contribution in [1.82, 2.24) is 0 Å². The molecule has 6 fully saturated rings. The van der Waals surface area contributed by atoms with Gasteiger partial charge in [-0.25, -0.2) is 0 Å². The van der Waals surface area contributed by atoms with Gasteiger partial charge in [-0.15, -0.1) is 0 Å². The van der Waals surface area contributed by atoms with Crippen LogP contribution in [0.25, 0.3) is 0 Å². The molecule has 2 aliphatic heterocycles. The molecule has 0 aromatic rings. The van der Waals surface area contributed by atoms with Gasteiger partial charge in [-0.2, -0.15) is 0 Å². The van der Waals surface area contributed by atoms with Crippen molar-refractivity contribution in [3.05, 3.63) is 11.6 Å². The van der Waals surface area contributed by atoms with E-state index in [1.807, 2.05) is 13.0 Å². The third-order valence-corrected chi connectivity index (χ3v) is 17.2. The molecule has 14 heteroatoms. The Morgan fingerprint density at radius 2 is 1.43 bits per heavy atom. The van der Waals surface area contributed by atoms with Crippen LogP contribution in [0.1, 0.15) is 99.8 Å². The summed E-state index contributed by atoms with van der Waals surface area (Å²) in [5.41, 5.74) is -2.03. The molecule has 0 bridgehead atoms. The van der Waals surface area contributed by atoms with Crippen LogP contribution in [0.4, 0.5) is 0 Å². The molecule has 7 rings (SSSR count). The second-order valence-corrected chi connectivity index (χ2v) is 20.6. The first-order valence-electron chi connectivity index (χ1n) is 20.9. The number of carbonyl (C=O) groups excluding carboxylic acids is 1. The molecule has 20 atom stereocenters. The first-order valence-corrected chi connectivity index (χ1v) is 20.9. The van der Waals surface area contributed by atoms with Gasteiger partial charge in [0.1, 0.15) is 42.7 Å². The minimum atomic E-state index is -1.75. The highest BCUT2D eigenvalue weighted by Crippen LogP contribution is 2.75. The van der Waals surface area contributed by atoms with Crippen LogP contribution >= 0.6 is 0 Å². The monoisotopic (exact) mass is 796 g/mol. The van der Waals surface area contributed by atoms with Crippen LogP contribution < -0.4 is 0 Å². The van der Waals surface area contributed by atoms with Gasteiger partial charge in [-0.05, 0) is 97.9 Å². The standard InChI is InChI=1S/C42H68O14/c1-20-28(48)33(56-35-31(51)30(50)29(49)24(17-43)54-35)32(52)36(53-20)55-27-9-10-38(4)25(39(27,5)18-44)8-11-40(6)34(38)23(46)14-21-22-15-37(2,3)12-13-42(22,19-45)26(47)16-41(21,40)7/h14,20,22,24-36,43-45,47-52H,8-13,15-19H2,1-7H3/t20-,22+,24-,25-,26+,27+,28+,29-,30+,31-,32-,33+,34-,35+,36+,38+,39+,40-,41-,42-/m1/s1. The number of carbonyl (C=O) groups is 1. The fourth-order valence-electron chi connectivity index (χ4n) is 13.5. The molecule has 2 heterocycles. The first-order chi connectivity index (χ1) is 26.1. The summed E-state index contributed by atoms with van der Waals surface area (Å²) in [6.45, 7) is 13.5. The van der Waals surface area contributed by atoms with E-state index in [1.54, 1.807) is 6.92 Å². The van der Waals surface area contributed by atoms with Gasteiger partial charge in [-0.3, -0.25) is 4.79 Å². The van der Waals surface area contributed by atoms with Crippen LogP contribution in [-0.4, -0.2) is 145 Å². The van der Waals surface area contributed by atoms with E-state index >= 15 is 0 Å². The van der Waals surface area contributed by atoms with E-state index < -0.39 is 113 Å². The third kappa shape index (κ3) is 6.09. The number of hydrogen-bond acceptors (Lipinski definition) is 14. The lowest BCUT2D eigenvalue weighted by atomic mass is 9.33. The van der Waals surface area contributed by atoms with Gasteiger partial charge < -0.3 is 64.9 Å². The van der Waals surface area contributed by atoms with E-state index in [-0.39, 0.29) is 36.2 Å². The molecule has 7 aliphatic rings. The number of aliphatic hydroxyl groups excluding tert-OH is 9. The Bertz CT molecular complexity index is 1520. The summed E-state index contributed by atoms with van der Waals surface area (Å²) in [7, 11) is 0. The first kappa shape index (κ1) is 43.0. The van der Waals surface area contributed by atoms with Crippen LogP contribution in [0, 0.1) is 50.2 Å². The minimum Gasteiger partial charge on any atom is -0.396 e. The van der Waals surface area contributed by atoms with E-state index in [4.69, 9.17) is 18.9 Å². The predicted molar refractivity (Wildman–Crippen MR) is 199 cm³/mol. The highest BCUT2D eigenvalue weighted by atomic mass is 16.7. The molecule has 4 saturated carbocycles. The van der Waals surface area contributed by atoms with Crippen molar-refractivity contribution in [3.63, 3.8) is 0 Å². The minimum absolute atomic E-state index is 0.00546. The molecule has 0 amide bonds. The van der Waals surface area contributed by atoms with Crippen LogP contribution in [0.2, 0.25) is 0 Å². The molecule has 5 aliphatic carbocycles. The Labute approximate surface area is 330 Å². The number of hydrogen-bond donors (Lipinski definition) is 9. The zero-order valence-corrected chi connectivity index (χ0v) is 34.1. The van der Waals surface area contributed by atoms with Gasteiger partial charge in [0.05, 0.1) is 38.1 Å². The summed E-state index contributed by atoms with van der Waals surface area (Å²) in [6, 6.07) is 0. The lowest BCUT2D eigenvalue weighted by Crippen LogP contribution is -2.69. The molecule has 0 aromatic carbocycles. The predicted octanol–water partition coefficient (Wildman–Crippen LogP) is 0.940. The van der Waals surface area contributed by atoms with Gasteiger partial charge in [0.15, 0.2) is 18.4 Å². The van der Waals surface area contributed by atoms with E-state index in [2.05, 4.69) is 34.6 Å². The van der Waals surface area contributed by atoms with Gasteiger partial charge in [0.2, 0.25) is 0 Å². The number of ether oxygens (including phenoxy) is 4. The molecule has 0 radical (unpaired) electrons. The van der Waals surface area contributed by atoms with Crippen molar-refractivity contribution in [2.24, 2.45) is 50.2 Å². The normalized spacial score (nSPS) is 55.6. The van der Waals surface area contributed by atoms with Crippen molar-refractivity contribution in [2.45, 2.75) is 173 Å². The van der Waals surface area contributed by atoms with Gasteiger partial charge in [0, 0.05) is 16.7 Å². The number of allylic oxidation sites excluding steroid dienone is 2. The quantitative estimate of drug-likeness (QED) is 0.163. The third-order valence-electron chi connectivity index (χ3n) is 17.2. The molecule has 14 nitrogen and oxygen atoms in total. The number of ketones is 1. The van der Waals surface area contributed by atoms with E-state index in [1.165, 1.54) is 0 Å². The van der Waals surface area contributed by atoms with E-state index in [0.717, 1.165) is 18.4 Å². The Balaban J connectivity index is 1.15. The summed E-state index contributed by atoms with van der Waals surface area (Å²) in [6.07, 6.45) is -8.93. The lowest BCUT2D eigenvalue weighted by molar-refractivity contribution is -0.367. The molecule has 0 unspecified atom stereocenters. The number of fused-ring (bicyclic) bond motifs is 7. The van der Waals surface area contributed by atoms with Crippen LogP contribution in [-0.2, 0) is 23.7 Å². The fourth-order valence-corrected chi connectivity index (χ4v) is 13.5. The van der Waals surface area contributed by atoms with E-state index in [0.29, 0.717) is 38.5 Å². The largest absolute Gasteiger partial charge is 0.396 e. The van der Waals surface area contributed by atoms with E-state index in [9.17, 15) is 50.8 Å². The maximum atomic E-state index is 14.9. The summed E-state index contributed by atoms with van der Waals surface area (Å²) < 4.78 is 23.9. The Morgan fingerprint density at radius 3 is 2.07 bits per heavy atom. The highest BCUT2D eigenvalue weighted by molar-refractivity contribution is 5.95. The zero-order chi connectivity index (χ0) is 41.1. The zero-order valence-electron chi connectivity index (χ0n) is 34.1. The summed E-state index contributed by atoms with van der Waals surface area (Å²) in [5, 5.41) is 97.6. The summed E-state index contributed by atoms with van der Waals surface area (Å²) >= 11 is 0. The van der Waals surface area contributed by atoms with Crippen molar-refractivity contribution in [2.75, 3.05) is 19.8 Å². The second-order valence-electron chi connectivity index (χ2n) is 20.6. The van der Waals surface area contributed by atoms with Crippen LogP contribution in [0.5, 0.6) is 0 Å². The van der Waals surface area contributed by atoms with Gasteiger partial charge >= 0.3 is 0 Å². The smallest absolute Gasteiger partial charge is 0.187 e. The number of rotatable bonds is 7. The van der Waals surface area contributed by atoms with Crippen molar-refractivity contribution >= 4 is 5.78 Å². The maximum absolute atomic E-state index is 14.9. The Morgan fingerprint density at radius 1 is 0.750 bits per heavy atom. The Kier molecular flexibility index (Phi) is 11.1. The second kappa shape index (κ2) is 14.5. The van der Waals surface area contributed by atoms with Crippen LogP contribution in [0.15, 0.2) is 11.6 Å². The average molecular weight is 797 g/mol. The van der Waals surface area contributed by atoms with Crippen molar-refractivity contribution < 1.29 is 69.7 Å². The fraction of sp³-hybridized carbons (Fsp3) is 0.929. The van der Waals surface area contributed by atoms with Crippen molar-refractivity contribution in [3.8, 4) is 0 Å². The Hall–Kier alpha value is -1.11. The molecule has 2 saturated heterocycles. The SMILES string of the molecule is C[C@H]1O[C@@H](O[C@H]2CC[C@@]3(C)[C@@H](CC[C@]4(C)[C@@H]3C(=O)C=C3[C@@H]5CC(C)(C)CC[C@]5(CO)[C@@H](O)C[C@]34C)[C@]2(C)CO)[C@H](O)[C@@H](O[C@@H]2O[C@H](CO)[C@@H](O)[C@H](O)[C@H]2O)[C@H]1O. The number of aliphatic hydroxyl groups is 9. The molecule has 9 N–H and O–H groups in total. The molecule has 56 heavy (non-hydrogen) atoms. The molecule has 0 aromatic heterocycles. The summed E-state index contributed by atoms with van der Waals surface area (Å²) in [5.74, 6) is -0.619. The van der Waals surface area contributed by atoms with Crippen LogP contribution in [0.3, 0.4) is 0 Å². The molecular weight excluding hydrogens is 728 g/mol. The topological polar surface area (TPSA) is 236 Å².